The van der Waals surface area contributed by atoms with Gasteiger partial charge in [-0.25, -0.2) is 9.97 Å². The highest BCUT2D eigenvalue weighted by atomic mass is 19.4. The molecule has 1 aliphatic heterocycles. The maximum Gasteiger partial charge on any atom is 0.389 e. The molecule has 1 amide bonds. The van der Waals surface area contributed by atoms with E-state index in [0.29, 0.717) is 41.1 Å². The van der Waals surface area contributed by atoms with Crippen molar-refractivity contribution in [2.75, 3.05) is 33.0 Å². The first-order valence-electron chi connectivity index (χ1n) is 13.8. The molecule has 1 atom stereocenters. The number of hydrogen-bond acceptors (Lipinski definition) is 6. The number of halogens is 3. The number of rotatable bonds is 8. The number of fused-ring (bicyclic) bond motifs is 1. The summed E-state index contributed by atoms with van der Waals surface area (Å²) in [6.45, 7) is 2.64. The van der Waals surface area contributed by atoms with Crippen molar-refractivity contribution in [3.05, 3.63) is 77.9 Å². The highest BCUT2D eigenvalue weighted by Gasteiger charge is 2.55. The number of methoxy groups -OCH3 is 2. The Balaban J connectivity index is 1.65. The molecule has 11 heteroatoms. The zero-order valence-corrected chi connectivity index (χ0v) is 23.8. The number of alkyl halides is 3. The fourth-order valence-corrected chi connectivity index (χ4v) is 6.32. The SMILES string of the molecule is COc1cc2nc(C(C)(c3ccc[nH]3)C3(c4ccccc4)CCN(C(=O)CCC(F)(F)F)CC3)nc(N)c2cc1OC. The van der Waals surface area contributed by atoms with Crippen LogP contribution in [0.15, 0.2) is 60.8 Å². The van der Waals surface area contributed by atoms with Crippen molar-refractivity contribution in [2.24, 2.45) is 0 Å². The van der Waals surface area contributed by atoms with Crippen LogP contribution in [0.25, 0.3) is 10.9 Å². The van der Waals surface area contributed by atoms with Gasteiger partial charge in [-0.05, 0) is 43.5 Å². The fraction of sp³-hybridized carbons (Fsp3) is 0.387. The maximum atomic E-state index is 12.8. The number of piperidine rings is 1. The highest BCUT2D eigenvalue weighted by molar-refractivity contribution is 5.91. The molecule has 2 aromatic carbocycles. The minimum absolute atomic E-state index is 0.275. The molecule has 1 fully saturated rings. The quantitative estimate of drug-likeness (QED) is 0.274. The van der Waals surface area contributed by atoms with Crippen LogP contribution < -0.4 is 15.2 Å². The number of anilines is 1. The number of nitrogens with one attached hydrogen (secondary N) is 1. The maximum absolute atomic E-state index is 12.8. The molecule has 0 radical (unpaired) electrons. The van der Waals surface area contributed by atoms with Crippen molar-refractivity contribution in [3.8, 4) is 11.5 Å². The van der Waals surface area contributed by atoms with E-state index >= 15 is 0 Å². The summed E-state index contributed by atoms with van der Waals surface area (Å²) in [5, 5.41) is 0.615. The van der Waals surface area contributed by atoms with Crippen LogP contribution in [0.5, 0.6) is 11.5 Å². The van der Waals surface area contributed by atoms with Crippen LogP contribution >= 0.6 is 0 Å². The first kappa shape index (κ1) is 29.2. The zero-order chi connectivity index (χ0) is 30.1. The largest absolute Gasteiger partial charge is 0.493 e. The van der Waals surface area contributed by atoms with Gasteiger partial charge in [-0.3, -0.25) is 4.79 Å². The minimum Gasteiger partial charge on any atom is -0.493 e. The van der Waals surface area contributed by atoms with Gasteiger partial charge in [0.05, 0.1) is 31.6 Å². The Morgan fingerprint density at radius 2 is 1.69 bits per heavy atom. The molecule has 0 aliphatic carbocycles. The first-order chi connectivity index (χ1) is 20.0. The van der Waals surface area contributed by atoms with Gasteiger partial charge in [0.15, 0.2) is 11.5 Å². The number of aromatic nitrogens is 3. The average molecular weight is 582 g/mol. The molecule has 2 aromatic heterocycles. The Hall–Kier alpha value is -4.28. The lowest BCUT2D eigenvalue weighted by Gasteiger charge is -2.52. The van der Waals surface area contributed by atoms with Gasteiger partial charge in [0.1, 0.15) is 11.6 Å². The molecule has 4 aromatic rings. The van der Waals surface area contributed by atoms with E-state index in [0.717, 1.165) is 11.3 Å². The summed E-state index contributed by atoms with van der Waals surface area (Å²) < 4.78 is 49.5. The average Bonchev–Trinajstić information content (AvgIpc) is 3.54. The topological polar surface area (TPSA) is 106 Å². The van der Waals surface area contributed by atoms with Crippen LogP contribution in [0.2, 0.25) is 0 Å². The lowest BCUT2D eigenvalue weighted by atomic mass is 9.54. The number of nitrogens with two attached hydrogens (primary N) is 1. The van der Waals surface area contributed by atoms with Gasteiger partial charge in [-0.15, -0.1) is 0 Å². The molecular formula is C31H34F3N5O3. The predicted octanol–water partition coefficient (Wildman–Crippen LogP) is 5.77. The molecule has 8 nitrogen and oxygen atoms in total. The Morgan fingerprint density at radius 1 is 1.02 bits per heavy atom. The monoisotopic (exact) mass is 581 g/mol. The molecule has 0 saturated carbocycles. The minimum atomic E-state index is -4.38. The van der Waals surface area contributed by atoms with E-state index in [2.05, 4.69) is 11.9 Å². The number of amides is 1. The van der Waals surface area contributed by atoms with Crippen molar-refractivity contribution in [1.29, 1.82) is 0 Å². The van der Waals surface area contributed by atoms with E-state index in [1.807, 2.05) is 48.7 Å². The molecule has 3 heterocycles. The summed E-state index contributed by atoms with van der Waals surface area (Å²) in [7, 11) is 3.09. The fourth-order valence-electron chi connectivity index (χ4n) is 6.32. The smallest absolute Gasteiger partial charge is 0.389 e. The van der Waals surface area contributed by atoms with Gasteiger partial charge >= 0.3 is 6.18 Å². The molecule has 1 unspecified atom stereocenters. The third kappa shape index (κ3) is 5.12. The number of hydrogen-bond donors (Lipinski definition) is 2. The van der Waals surface area contributed by atoms with E-state index in [-0.39, 0.29) is 18.9 Å². The van der Waals surface area contributed by atoms with E-state index in [4.69, 9.17) is 25.2 Å². The normalized spacial score (nSPS) is 16.7. The predicted molar refractivity (Wildman–Crippen MR) is 154 cm³/mol. The molecule has 0 spiro atoms. The van der Waals surface area contributed by atoms with Gasteiger partial charge in [-0.1, -0.05) is 30.3 Å². The summed E-state index contributed by atoms with van der Waals surface area (Å²) in [6.07, 6.45) is -3.31. The molecule has 1 saturated heterocycles. The standard InChI is InChI=1S/C31H34F3N5O3/c1-29(25-10-7-15-36-25,28-37-22-19-24(42-3)23(41-2)18-21(22)27(35)38-28)30(20-8-5-4-6-9-20)13-16-39(17-14-30)26(40)11-12-31(32,33)34/h4-10,15,18-19,36H,11-14,16-17H2,1-3H3,(H2,35,37,38). The number of ether oxygens (including phenoxy) is 2. The number of nitrogen functional groups attached to an aromatic ring is 1. The number of carbonyl (C=O) groups excluding carboxylic acids is 1. The van der Waals surface area contributed by atoms with Crippen LogP contribution in [0.4, 0.5) is 19.0 Å². The number of benzene rings is 2. The second-order valence-electron chi connectivity index (χ2n) is 10.8. The summed E-state index contributed by atoms with van der Waals surface area (Å²) in [5.41, 5.74) is 7.48. The number of carbonyl (C=O) groups is 1. The molecule has 3 N–H and O–H groups in total. The van der Waals surface area contributed by atoms with Crippen LogP contribution in [0, 0.1) is 0 Å². The number of aromatic amines is 1. The van der Waals surface area contributed by atoms with Crippen molar-refractivity contribution in [2.45, 2.75) is 49.6 Å². The summed E-state index contributed by atoms with van der Waals surface area (Å²) in [6, 6.07) is 17.3. The second kappa shape index (κ2) is 11.2. The van der Waals surface area contributed by atoms with Crippen molar-refractivity contribution in [1.82, 2.24) is 19.9 Å². The third-order valence-corrected chi connectivity index (χ3v) is 8.69. The number of H-pyrrole nitrogens is 1. The Kier molecular flexibility index (Phi) is 7.78. The molecular weight excluding hydrogens is 547 g/mol. The first-order valence-corrected chi connectivity index (χ1v) is 13.8. The van der Waals surface area contributed by atoms with Gasteiger partial charge in [0.25, 0.3) is 0 Å². The second-order valence-corrected chi connectivity index (χ2v) is 10.8. The summed E-state index contributed by atoms with van der Waals surface area (Å²) >= 11 is 0. The third-order valence-electron chi connectivity index (χ3n) is 8.69. The molecule has 5 rings (SSSR count). The van der Waals surface area contributed by atoms with Crippen LogP contribution in [-0.2, 0) is 15.6 Å². The molecule has 42 heavy (non-hydrogen) atoms. The van der Waals surface area contributed by atoms with Crippen LogP contribution in [0.1, 0.15) is 49.7 Å². The lowest BCUT2D eigenvalue weighted by Crippen LogP contribution is -2.56. The van der Waals surface area contributed by atoms with E-state index in [9.17, 15) is 18.0 Å². The van der Waals surface area contributed by atoms with Crippen LogP contribution in [0.3, 0.4) is 0 Å². The van der Waals surface area contributed by atoms with E-state index in [1.54, 1.807) is 26.4 Å². The summed E-state index contributed by atoms with van der Waals surface area (Å²) in [4.78, 5) is 27.6. The van der Waals surface area contributed by atoms with Crippen molar-refractivity contribution >= 4 is 22.6 Å². The van der Waals surface area contributed by atoms with Gasteiger partial charge in [0.2, 0.25) is 5.91 Å². The Morgan fingerprint density at radius 3 is 2.29 bits per heavy atom. The van der Waals surface area contributed by atoms with Gasteiger partial charge < -0.3 is 25.1 Å². The summed E-state index contributed by atoms with van der Waals surface area (Å²) in [5.74, 6) is 1.25. The molecule has 222 valence electrons. The number of nitrogens with zero attached hydrogens (tertiary/aromatic N) is 3. The lowest BCUT2D eigenvalue weighted by molar-refractivity contribution is -0.150. The van der Waals surface area contributed by atoms with Crippen molar-refractivity contribution in [3.63, 3.8) is 0 Å². The van der Waals surface area contributed by atoms with Crippen molar-refractivity contribution < 1.29 is 27.4 Å². The highest BCUT2D eigenvalue weighted by Crippen LogP contribution is 2.53. The Labute approximate surface area is 242 Å². The van der Waals surface area contributed by atoms with E-state index < -0.39 is 35.8 Å². The van der Waals surface area contributed by atoms with Gasteiger partial charge in [-0.2, -0.15) is 13.2 Å². The molecule has 1 aliphatic rings. The Bertz CT molecular complexity index is 1550. The molecule has 0 bridgehead atoms. The zero-order valence-electron chi connectivity index (χ0n) is 23.8. The van der Waals surface area contributed by atoms with Crippen LogP contribution in [-0.4, -0.2) is 59.2 Å². The van der Waals surface area contributed by atoms with E-state index in [1.165, 1.54) is 4.90 Å². The number of likely N-dealkylation sites (tertiary alicyclic amines) is 1. The van der Waals surface area contributed by atoms with Gasteiger partial charge in [0, 0.05) is 48.3 Å².